The van der Waals surface area contributed by atoms with Crippen LogP contribution in [0.4, 0.5) is 0 Å². The van der Waals surface area contributed by atoms with Crippen molar-refractivity contribution in [2.24, 2.45) is 5.41 Å². The summed E-state index contributed by atoms with van der Waals surface area (Å²) in [6.45, 7) is 1.87. The fourth-order valence-corrected chi connectivity index (χ4v) is 2.30. The molecule has 0 aromatic heterocycles. The summed E-state index contributed by atoms with van der Waals surface area (Å²) < 4.78 is 8.99. The average molecular weight is 268 g/mol. The Morgan fingerprint density at radius 3 is 1.84 bits per heavy atom. The van der Waals surface area contributed by atoms with Crippen LogP contribution in [0.5, 0.6) is 0 Å². The van der Waals surface area contributed by atoms with Crippen LogP contribution < -0.4 is 0 Å². The van der Waals surface area contributed by atoms with Crippen LogP contribution in [0, 0.1) is 5.41 Å². The molecule has 106 valence electrons. The maximum atomic E-state index is 12.3. The average Bonchev–Trinajstić information content (AvgIpc) is 2.43. The maximum Gasteiger partial charge on any atom is 0.345 e. The predicted molar refractivity (Wildman–Crippen MR) is 68.3 cm³/mol. The Bertz CT molecular complexity index is 384. The largest absolute Gasteiger partial charge is 0.465 e. The van der Waals surface area contributed by atoms with Crippen LogP contribution in [0.2, 0.25) is 0 Å². The number of carbonyl (C=O) groups is 3. The molecule has 5 nitrogen and oxygen atoms in total. The van der Waals surface area contributed by atoms with Gasteiger partial charge in [-0.15, -0.1) is 0 Å². The highest BCUT2D eigenvalue weighted by molar-refractivity contribution is 6.18. The van der Waals surface area contributed by atoms with Crippen LogP contribution >= 0.6 is 0 Å². The first-order chi connectivity index (χ1) is 8.94. The van der Waals surface area contributed by atoms with Crippen molar-refractivity contribution in [1.82, 2.24) is 0 Å². The molecule has 0 bridgehead atoms. The first-order valence-corrected chi connectivity index (χ1v) is 6.37. The number of allylic oxidation sites excluding steroid dienone is 1. The third kappa shape index (κ3) is 3.66. The van der Waals surface area contributed by atoms with Gasteiger partial charge in [-0.2, -0.15) is 0 Å². The van der Waals surface area contributed by atoms with Gasteiger partial charge >= 0.3 is 11.9 Å². The molecular formula is C14H20O5. The number of methoxy groups -OCH3 is 2. The van der Waals surface area contributed by atoms with Gasteiger partial charge in [-0.3, -0.25) is 4.79 Å². The van der Waals surface area contributed by atoms with E-state index in [0.717, 1.165) is 52.4 Å². The summed E-state index contributed by atoms with van der Waals surface area (Å²) in [5.74, 6) is -1.91. The van der Waals surface area contributed by atoms with Crippen molar-refractivity contribution >= 4 is 17.7 Å². The summed E-state index contributed by atoms with van der Waals surface area (Å²) in [6.07, 6.45) is 5.72. The van der Waals surface area contributed by atoms with Crippen molar-refractivity contribution in [2.75, 3.05) is 14.2 Å². The van der Waals surface area contributed by atoms with Gasteiger partial charge in [0, 0.05) is 11.5 Å². The summed E-state index contributed by atoms with van der Waals surface area (Å²) in [4.78, 5) is 35.3. The van der Waals surface area contributed by atoms with E-state index in [-0.39, 0.29) is 11.4 Å². The summed E-state index contributed by atoms with van der Waals surface area (Å²) >= 11 is 0. The van der Waals surface area contributed by atoms with Gasteiger partial charge in [-0.25, -0.2) is 9.59 Å². The minimum atomic E-state index is -0.848. The third-order valence-electron chi connectivity index (χ3n) is 3.64. The lowest BCUT2D eigenvalue weighted by Crippen LogP contribution is -2.30. The van der Waals surface area contributed by atoms with Crippen LogP contribution in [0.25, 0.3) is 0 Å². The van der Waals surface area contributed by atoms with Gasteiger partial charge in [0.2, 0.25) is 0 Å². The van der Waals surface area contributed by atoms with Gasteiger partial charge in [0.25, 0.3) is 0 Å². The molecule has 0 amide bonds. The lowest BCUT2D eigenvalue weighted by Gasteiger charge is -2.30. The van der Waals surface area contributed by atoms with Gasteiger partial charge in [-0.05, 0) is 12.8 Å². The highest BCUT2D eigenvalue weighted by Crippen LogP contribution is 2.37. The van der Waals surface area contributed by atoms with Crippen molar-refractivity contribution < 1.29 is 23.9 Å². The Hall–Kier alpha value is -1.65. The smallest absolute Gasteiger partial charge is 0.345 e. The minimum Gasteiger partial charge on any atom is -0.465 e. The van der Waals surface area contributed by atoms with E-state index in [9.17, 15) is 14.4 Å². The highest BCUT2D eigenvalue weighted by atomic mass is 16.5. The van der Waals surface area contributed by atoms with Crippen molar-refractivity contribution in [3.8, 4) is 0 Å². The molecule has 1 aliphatic rings. The zero-order valence-corrected chi connectivity index (χ0v) is 11.7. The second kappa shape index (κ2) is 6.50. The topological polar surface area (TPSA) is 69.7 Å². The molecular weight excluding hydrogens is 248 g/mol. The van der Waals surface area contributed by atoms with E-state index < -0.39 is 17.4 Å². The standard InChI is InChI=1S/C14H20O5/c1-14(7-5-4-6-8-14)11(15)9-10(12(16)18-2)13(17)19-3/h9H,4-8H2,1-3H3. The first-order valence-electron chi connectivity index (χ1n) is 6.37. The van der Waals surface area contributed by atoms with E-state index in [0.29, 0.717) is 0 Å². The first kappa shape index (κ1) is 15.4. The van der Waals surface area contributed by atoms with Crippen LogP contribution in [-0.2, 0) is 23.9 Å². The number of ketones is 1. The number of hydrogen-bond acceptors (Lipinski definition) is 5. The van der Waals surface area contributed by atoms with E-state index in [2.05, 4.69) is 9.47 Å². The normalized spacial score (nSPS) is 17.2. The number of carbonyl (C=O) groups excluding carboxylic acids is 3. The zero-order valence-electron chi connectivity index (χ0n) is 11.7. The molecule has 19 heavy (non-hydrogen) atoms. The van der Waals surface area contributed by atoms with E-state index in [1.54, 1.807) is 0 Å². The maximum absolute atomic E-state index is 12.3. The summed E-state index contributed by atoms with van der Waals surface area (Å²) in [7, 11) is 2.32. The van der Waals surface area contributed by atoms with E-state index in [1.807, 2.05) is 6.92 Å². The van der Waals surface area contributed by atoms with Gasteiger partial charge in [0.15, 0.2) is 5.78 Å². The van der Waals surface area contributed by atoms with Gasteiger partial charge in [0.1, 0.15) is 5.57 Å². The molecule has 0 aromatic rings. The Morgan fingerprint density at radius 1 is 0.947 bits per heavy atom. The molecule has 0 unspecified atom stereocenters. The summed E-state index contributed by atoms with van der Waals surface area (Å²) in [5.41, 5.74) is -0.840. The molecule has 1 saturated carbocycles. The summed E-state index contributed by atoms with van der Waals surface area (Å²) in [6, 6.07) is 0. The third-order valence-corrected chi connectivity index (χ3v) is 3.64. The highest BCUT2D eigenvalue weighted by Gasteiger charge is 2.34. The van der Waals surface area contributed by atoms with E-state index >= 15 is 0 Å². The molecule has 0 radical (unpaired) electrons. The lowest BCUT2D eigenvalue weighted by atomic mass is 9.72. The van der Waals surface area contributed by atoms with E-state index in [4.69, 9.17) is 0 Å². The molecule has 0 spiro atoms. The zero-order chi connectivity index (χ0) is 14.5. The number of rotatable bonds is 4. The molecule has 1 aliphatic carbocycles. The Labute approximate surface area is 112 Å². The Kier molecular flexibility index (Phi) is 5.27. The quantitative estimate of drug-likeness (QED) is 0.336. The van der Waals surface area contributed by atoms with Crippen molar-refractivity contribution in [3.63, 3.8) is 0 Å². The van der Waals surface area contributed by atoms with Gasteiger partial charge in [-0.1, -0.05) is 26.2 Å². The van der Waals surface area contributed by atoms with Crippen molar-refractivity contribution in [3.05, 3.63) is 11.6 Å². The monoisotopic (exact) mass is 268 g/mol. The number of esters is 2. The van der Waals surface area contributed by atoms with Crippen molar-refractivity contribution in [2.45, 2.75) is 39.0 Å². The molecule has 0 atom stereocenters. The van der Waals surface area contributed by atoms with Crippen LogP contribution in [0.1, 0.15) is 39.0 Å². The minimum absolute atomic E-state index is 0.210. The second-order valence-electron chi connectivity index (χ2n) is 5.03. The Morgan fingerprint density at radius 2 is 1.42 bits per heavy atom. The van der Waals surface area contributed by atoms with Gasteiger partial charge < -0.3 is 9.47 Å². The fraction of sp³-hybridized carbons (Fsp3) is 0.643. The van der Waals surface area contributed by atoms with Crippen molar-refractivity contribution in [1.29, 1.82) is 0 Å². The molecule has 5 heteroatoms. The molecule has 1 fully saturated rings. The Balaban J connectivity index is 2.97. The van der Waals surface area contributed by atoms with Gasteiger partial charge in [0.05, 0.1) is 14.2 Å². The predicted octanol–water partition coefficient (Wildman–Crippen LogP) is 1.80. The van der Waals surface area contributed by atoms with Crippen LogP contribution in [-0.4, -0.2) is 31.9 Å². The molecule has 0 aromatic carbocycles. The van der Waals surface area contributed by atoms with Crippen LogP contribution in [0.15, 0.2) is 11.6 Å². The van der Waals surface area contributed by atoms with E-state index in [1.165, 1.54) is 0 Å². The molecule has 0 saturated heterocycles. The van der Waals surface area contributed by atoms with Crippen LogP contribution in [0.3, 0.4) is 0 Å². The molecule has 0 heterocycles. The number of ether oxygens (including phenoxy) is 2. The molecule has 0 N–H and O–H groups in total. The second-order valence-corrected chi connectivity index (χ2v) is 5.03. The fourth-order valence-electron chi connectivity index (χ4n) is 2.30. The lowest BCUT2D eigenvalue weighted by molar-refractivity contribution is -0.144. The SMILES string of the molecule is COC(=O)C(=CC(=O)C1(C)CCCCC1)C(=O)OC. The summed E-state index contributed by atoms with van der Waals surface area (Å²) in [5, 5.41) is 0. The molecule has 1 rings (SSSR count). The number of hydrogen-bond donors (Lipinski definition) is 0. The molecule has 0 aliphatic heterocycles.